The van der Waals surface area contributed by atoms with E-state index >= 15 is 0 Å². The molecule has 4 nitrogen and oxygen atoms in total. The molecular formula is C14H7F6N3O. The third-order valence-corrected chi connectivity index (χ3v) is 3.01. The van der Waals surface area contributed by atoms with Crippen molar-refractivity contribution in [3.8, 4) is 16.9 Å². The lowest BCUT2D eigenvalue weighted by molar-refractivity contribution is -0.274. The minimum Gasteiger partial charge on any atom is -0.406 e. The number of hydrogen-bond donors (Lipinski definition) is 0. The quantitative estimate of drug-likeness (QED) is 0.649. The van der Waals surface area contributed by atoms with Crippen LogP contribution in [0.2, 0.25) is 0 Å². The van der Waals surface area contributed by atoms with Crippen molar-refractivity contribution >= 4 is 5.65 Å². The van der Waals surface area contributed by atoms with Crippen LogP contribution in [0.15, 0.2) is 42.6 Å². The van der Waals surface area contributed by atoms with E-state index in [4.69, 9.17) is 0 Å². The molecule has 0 aliphatic rings. The zero-order valence-corrected chi connectivity index (χ0v) is 11.6. The maximum absolute atomic E-state index is 12.6. The van der Waals surface area contributed by atoms with Gasteiger partial charge < -0.3 is 4.74 Å². The summed E-state index contributed by atoms with van der Waals surface area (Å²) in [6.07, 6.45) is -8.16. The van der Waals surface area contributed by atoms with Gasteiger partial charge in [-0.05, 0) is 29.8 Å². The largest absolute Gasteiger partial charge is 0.573 e. The van der Waals surface area contributed by atoms with E-state index in [1.54, 1.807) is 0 Å². The van der Waals surface area contributed by atoms with E-state index in [1.165, 1.54) is 30.5 Å². The van der Waals surface area contributed by atoms with Crippen molar-refractivity contribution in [1.29, 1.82) is 0 Å². The molecule has 0 radical (unpaired) electrons. The fourth-order valence-electron chi connectivity index (χ4n) is 2.02. The number of alkyl halides is 6. The zero-order chi connectivity index (χ0) is 17.5. The predicted octanol–water partition coefficient (Wildman–Crippen LogP) is 4.31. The summed E-state index contributed by atoms with van der Waals surface area (Å²) in [5.74, 6) is -1.67. The SMILES string of the molecule is FC(F)(F)Oc1ccc(-c2ccc3nc(C(F)(F)F)nn3c2)cc1. The van der Waals surface area contributed by atoms with Gasteiger partial charge in [-0.3, -0.25) is 0 Å². The van der Waals surface area contributed by atoms with Crippen LogP contribution in [0.1, 0.15) is 5.82 Å². The predicted molar refractivity (Wildman–Crippen MR) is 70.1 cm³/mol. The number of hydrogen-bond acceptors (Lipinski definition) is 3. The highest BCUT2D eigenvalue weighted by molar-refractivity contribution is 5.65. The minimum absolute atomic E-state index is 0.00287. The van der Waals surface area contributed by atoms with Gasteiger partial charge >= 0.3 is 12.5 Å². The van der Waals surface area contributed by atoms with Crippen LogP contribution in [0.5, 0.6) is 5.75 Å². The number of pyridine rings is 1. The molecule has 0 fully saturated rings. The van der Waals surface area contributed by atoms with Crippen molar-refractivity contribution in [2.45, 2.75) is 12.5 Å². The molecule has 0 aliphatic carbocycles. The van der Waals surface area contributed by atoms with Crippen LogP contribution in [-0.4, -0.2) is 21.0 Å². The summed E-state index contributed by atoms with van der Waals surface area (Å²) in [6, 6.07) is 7.74. The summed E-state index contributed by atoms with van der Waals surface area (Å²) >= 11 is 0. The van der Waals surface area contributed by atoms with Crippen LogP contribution in [0.3, 0.4) is 0 Å². The van der Waals surface area contributed by atoms with Crippen molar-refractivity contribution in [2.24, 2.45) is 0 Å². The topological polar surface area (TPSA) is 39.4 Å². The second-order valence-corrected chi connectivity index (χ2v) is 4.73. The van der Waals surface area contributed by atoms with E-state index < -0.39 is 24.1 Å². The van der Waals surface area contributed by atoms with Gasteiger partial charge in [0, 0.05) is 11.8 Å². The van der Waals surface area contributed by atoms with Gasteiger partial charge in [0.2, 0.25) is 0 Å². The van der Waals surface area contributed by atoms with Gasteiger partial charge in [0.25, 0.3) is 5.82 Å². The second-order valence-electron chi connectivity index (χ2n) is 4.73. The van der Waals surface area contributed by atoms with Crippen molar-refractivity contribution in [3.63, 3.8) is 0 Å². The molecule has 1 aromatic carbocycles. The van der Waals surface area contributed by atoms with Crippen LogP contribution in [0, 0.1) is 0 Å². The van der Waals surface area contributed by atoms with Gasteiger partial charge in [-0.1, -0.05) is 12.1 Å². The standard InChI is InChI=1S/C14H7F6N3O/c15-13(16,17)12-21-11-6-3-9(7-23(11)22-12)8-1-4-10(5-2-8)24-14(18,19)20/h1-7H. The number of fused-ring (bicyclic) bond motifs is 1. The Morgan fingerprint density at radius 1 is 0.833 bits per heavy atom. The average molecular weight is 347 g/mol. The first-order valence-electron chi connectivity index (χ1n) is 6.42. The molecule has 0 aliphatic heterocycles. The minimum atomic E-state index is -4.80. The van der Waals surface area contributed by atoms with Gasteiger partial charge in [0.05, 0.1) is 0 Å². The molecule has 0 unspecified atom stereocenters. The molecule has 126 valence electrons. The first-order valence-corrected chi connectivity index (χ1v) is 6.42. The maximum Gasteiger partial charge on any atom is 0.573 e. The van der Waals surface area contributed by atoms with Crippen LogP contribution < -0.4 is 4.74 Å². The number of nitrogens with zero attached hydrogens (tertiary/aromatic N) is 3. The van der Waals surface area contributed by atoms with E-state index in [-0.39, 0.29) is 5.65 Å². The Kier molecular flexibility index (Phi) is 3.61. The maximum atomic E-state index is 12.6. The molecule has 0 amide bonds. The highest BCUT2D eigenvalue weighted by Crippen LogP contribution is 2.29. The Balaban J connectivity index is 1.92. The Morgan fingerprint density at radius 2 is 1.46 bits per heavy atom. The van der Waals surface area contributed by atoms with Gasteiger partial charge in [0.15, 0.2) is 5.65 Å². The third-order valence-electron chi connectivity index (χ3n) is 3.01. The first kappa shape index (κ1) is 16.1. The van der Waals surface area contributed by atoms with E-state index in [1.807, 2.05) is 0 Å². The number of aromatic nitrogens is 3. The molecule has 0 bridgehead atoms. The molecular weight excluding hydrogens is 340 g/mol. The summed E-state index contributed by atoms with van der Waals surface area (Å²) in [7, 11) is 0. The third kappa shape index (κ3) is 3.42. The molecule has 0 N–H and O–H groups in total. The van der Waals surface area contributed by atoms with E-state index in [0.29, 0.717) is 11.1 Å². The van der Waals surface area contributed by atoms with Crippen molar-refractivity contribution in [1.82, 2.24) is 14.6 Å². The van der Waals surface area contributed by atoms with Crippen LogP contribution in [-0.2, 0) is 6.18 Å². The summed E-state index contributed by atoms with van der Waals surface area (Å²) in [4.78, 5) is 3.36. The summed E-state index contributed by atoms with van der Waals surface area (Å²) < 4.78 is 78.8. The average Bonchev–Trinajstić information content (AvgIpc) is 2.89. The first-order chi connectivity index (χ1) is 11.1. The Morgan fingerprint density at radius 3 is 2.04 bits per heavy atom. The number of rotatable bonds is 2. The van der Waals surface area contributed by atoms with Gasteiger partial charge in [-0.15, -0.1) is 18.3 Å². The number of benzene rings is 1. The molecule has 24 heavy (non-hydrogen) atoms. The monoisotopic (exact) mass is 347 g/mol. The van der Waals surface area contributed by atoms with E-state index in [9.17, 15) is 26.3 Å². The molecule has 0 saturated heterocycles. The Bertz CT molecular complexity index is 867. The van der Waals surface area contributed by atoms with E-state index in [2.05, 4.69) is 14.8 Å². The molecule has 0 atom stereocenters. The van der Waals surface area contributed by atoms with Crippen molar-refractivity contribution < 1.29 is 31.1 Å². The van der Waals surface area contributed by atoms with Crippen LogP contribution in [0.4, 0.5) is 26.3 Å². The molecule has 0 saturated carbocycles. The van der Waals surface area contributed by atoms with Crippen LogP contribution in [0.25, 0.3) is 16.8 Å². The second kappa shape index (κ2) is 5.39. The van der Waals surface area contributed by atoms with Crippen molar-refractivity contribution in [3.05, 3.63) is 48.4 Å². The highest BCUT2D eigenvalue weighted by atomic mass is 19.4. The fourth-order valence-corrected chi connectivity index (χ4v) is 2.02. The molecule has 3 aromatic rings. The number of ether oxygens (including phenoxy) is 1. The molecule has 2 aromatic heterocycles. The van der Waals surface area contributed by atoms with Crippen LogP contribution >= 0.6 is 0 Å². The molecule has 10 heteroatoms. The fraction of sp³-hybridized carbons (Fsp3) is 0.143. The Hall–Kier alpha value is -2.78. The smallest absolute Gasteiger partial charge is 0.406 e. The lowest BCUT2D eigenvalue weighted by Gasteiger charge is -2.09. The van der Waals surface area contributed by atoms with Gasteiger partial charge in [0.1, 0.15) is 5.75 Å². The van der Waals surface area contributed by atoms with E-state index in [0.717, 1.165) is 16.6 Å². The molecule has 3 rings (SSSR count). The molecule has 2 heterocycles. The molecule has 0 spiro atoms. The zero-order valence-electron chi connectivity index (χ0n) is 11.6. The van der Waals surface area contributed by atoms with Crippen molar-refractivity contribution in [2.75, 3.05) is 0 Å². The lowest BCUT2D eigenvalue weighted by Crippen LogP contribution is -2.16. The van der Waals surface area contributed by atoms with Gasteiger partial charge in [-0.2, -0.15) is 13.2 Å². The highest BCUT2D eigenvalue weighted by Gasteiger charge is 2.36. The summed E-state index contributed by atoms with van der Waals surface area (Å²) in [5, 5.41) is 3.34. The number of halogens is 6. The van der Waals surface area contributed by atoms with Gasteiger partial charge in [-0.25, -0.2) is 9.50 Å². The normalized spacial score (nSPS) is 12.6. The Labute approximate surface area is 130 Å². The lowest BCUT2D eigenvalue weighted by atomic mass is 10.1. The summed E-state index contributed by atoms with van der Waals surface area (Å²) in [6.45, 7) is 0. The summed E-state index contributed by atoms with van der Waals surface area (Å²) in [5.41, 5.74) is 0.943.